The quantitative estimate of drug-likeness (QED) is 0.754. The third-order valence-corrected chi connectivity index (χ3v) is 4.12. The normalized spacial score (nSPS) is 21.6. The van der Waals surface area contributed by atoms with Crippen molar-refractivity contribution in [2.45, 2.75) is 45.8 Å². The average Bonchev–Trinajstić information content (AvgIpc) is 2.83. The van der Waals surface area contributed by atoms with Crippen LogP contribution in [0.15, 0.2) is 6.20 Å². The van der Waals surface area contributed by atoms with Crippen molar-refractivity contribution >= 4 is 0 Å². The van der Waals surface area contributed by atoms with Crippen LogP contribution >= 0.6 is 0 Å². The van der Waals surface area contributed by atoms with Crippen molar-refractivity contribution in [2.24, 2.45) is 0 Å². The zero-order valence-electron chi connectivity index (χ0n) is 13.8. The maximum atomic E-state index is 4.23. The van der Waals surface area contributed by atoms with Gasteiger partial charge in [-0.25, -0.2) is 0 Å². The SMILES string of the molecule is CCCNCc1cn(CCN2CCCN(C)CC2C)nn1. The largest absolute Gasteiger partial charge is 0.311 e. The van der Waals surface area contributed by atoms with Crippen LogP contribution in [0.5, 0.6) is 0 Å². The van der Waals surface area contributed by atoms with E-state index in [1.54, 1.807) is 0 Å². The molecule has 1 atom stereocenters. The van der Waals surface area contributed by atoms with E-state index in [2.05, 4.69) is 52.5 Å². The molecule has 1 unspecified atom stereocenters. The van der Waals surface area contributed by atoms with E-state index in [9.17, 15) is 0 Å². The van der Waals surface area contributed by atoms with Crippen molar-refractivity contribution in [1.29, 1.82) is 0 Å². The van der Waals surface area contributed by atoms with Gasteiger partial charge in [0.1, 0.15) is 0 Å². The molecule has 1 aliphatic rings. The van der Waals surface area contributed by atoms with Gasteiger partial charge in [-0.2, -0.15) is 0 Å². The predicted octanol–water partition coefficient (Wildman–Crippen LogP) is 0.804. The highest BCUT2D eigenvalue weighted by atomic mass is 15.4. The minimum Gasteiger partial charge on any atom is -0.311 e. The zero-order chi connectivity index (χ0) is 15.1. The number of hydrogen-bond donors (Lipinski definition) is 1. The van der Waals surface area contributed by atoms with Gasteiger partial charge in [0.2, 0.25) is 0 Å². The summed E-state index contributed by atoms with van der Waals surface area (Å²) in [5.74, 6) is 0. The Bertz CT molecular complexity index is 405. The van der Waals surface area contributed by atoms with Crippen LogP contribution < -0.4 is 5.32 Å². The molecule has 0 aromatic carbocycles. The Morgan fingerprint density at radius 3 is 3.00 bits per heavy atom. The monoisotopic (exact) mass is 294 g/mol. The molecule has 2 rings (SSSR count). The molecule has 0 bridgehead atoms. The second-order valence-electron chi connectivity index (χ2n) is 6.15. The van der Waals surface area contributed by atoms with Gasteiger partial charge < -0.3 is 10.2 Å². The van der Waals surface area contributed by atoms with Gasteiger partial charge in [0, 0.05) is 31.9 Å². The van der Waals surface area contributed by atoms with Gasteiger partial charge in [-0.3, -0.25) is 9.58 Å². The van der Waals surface area contributed by atoms with Crippen LogP contribution in [0.25, 0.3) is 0 Å². The summed E-state index contributed by atoms with van der Waals surface area (Å²) in [7, 11) is 2.22. The summed E-state index contributed by atoms with van der Waals surface area (Å²) in [6.45, 7) is 11.9. The third kappa shape index (κ3) is 5.37. The first-order chi connectivity index (χ1) is 10.2. The van der Waals surface area contributed by atoms with Crippen molar-refractivity contribution in [3.05, 3.63) is 11.9 Å². The second-order valence-corrected chi connectivity index (χ2v) is 6.15. The maximum Gasteiger partial charge on any atom is 0.0964 e. The van der Waals surface area contributed by atoms with Crippen molar-refractivity contribution in [3.63, 3.8) is 0 Å². The Morgan fingerprint density at radius 2 is 2.19 bits per heavy atom. The molecule has 0 saturated carbocycles. The Kier molecular flexibility index (Phi) is 6.60. The van der Waals surface area contributed by atoms with Gasteiger partial charge in [0.15, 0.2) is 0 Å². The second kappa shape index (κ2) is 8.46. The van der Waals surface area contributed by atoms with Gasteiger partial charge >= 0.3 is 0 Å². The average molecular weight is 294 g/mol. The van der Waals surface area contributed by atoms with Crippen molar-refractivity contribution in [2.75, 3.05) is 39.8 Å². The van der Waals surface area contributed by atoms with Crippen LogP contribution in [0, 0.1) is 0 Å². The molecule has 6 heteroatoms. The van der Waals surface area contributed by atoms with E-state index in [0.29, 0.717) is 6.04 Å². The number of nitrogens with one attached hydrogen (secondary N) is 1. The molecular weight excluding hydrogens is 264 g/mol. The van der Waals surface area contributed by atoms with Gasteiger partial charge in [-0.15, -0.1) is 5.10 Å². The Labute approximate surface area is 128 Å². The first-order valence-corrected chi connectivity index (χ1v) is 8.21. The summed E-state index contributed by atoms with van der Waals surface area (Å²) in [4.78, 5) is 5.00. The van der Waals surface area contributed by atoms with E-state index in [1.807, 2.05) is 4.68 Å². The summed E-state index contributed by atoms with van der Waals surface area (Å²) >= 11 is 0. The van der Waals surface area contributed by atoms with E-state index in [0.717, 1.165) is 44.8 Å². The molecule has 0 amide bonds. The van der Waals surface area contributed by atoms with E-state index in [-0.39, 0.29) is 0 Å². The summed E-state index contributed by atoms with van der Waals surface area (Å²) in [5.41, 5.74) is 1.03. The third-order valence-electron chi connectivity index (χ3n) is 4.12. The van der Waals surface area contributed by atoms with E-state index in [4.69, 9.17) is 0 Å². The Balaban J connectivity index is 1.77. The highest BCUT2D eigenvalue weighted by molar-refractivity contribution is 4.91. The molecule has 1 fully saturated rings. The fourth-order valence-corrected chi connectivity index (χ4v) is 2.91. The van der Waals surface area contributed by atoms with Crippen molar-refractivity contribution in [1.82, 2.24) is 30.1 Å². The minimum absolute atomic E-state index is 0.617. The fraction of sp³-hybridized carbons (Fsp3) is 0.867. The Morgan fingerprint density at radius 1 is 1.33 bits per heavy atom. The first kappa shape index (κ1) is 16.4. The first-order valence-electron chi connectivity index (χ1n) is 8.21. The lowest BCUT2D eigenvalue weighted by molar-refractivity contribution is 0.193. The lowest BCUT2D eigenvalue weighted by Crippen LogP contribution is -2.39. The van der Waals surface area contributed by atoms with E-state index in [1.165, 1.54) is 19.5 Å². The van der Waals surface area contributed by atoms with Crippen LogP contribution in [0.2, 0.25) is 0 Å². The molecule has 1 aliphatic heterocycles. The lowest BCUT2D eigenvalue weighted by Gasteiger charge is -2.27. The number of hydrogen-bond acceptors (Lipinski definition) is 5. The molecule has 6 nitrogen and oxygen atoms in total. The lowest BCUT2D eigenvalue weighted by atomic mass is 10.2. The van der Waals surface area contributed by atoms with E-state index < -0.39 is 0 Å². The van der Waals surface area contributed by atoms with E-state index >= 15 is 0 Å². The van der Waals surface area contributed by atoms with Gasteiger partial charge in [0.05, 0.1) is 12.2 Å². The molecule has 0 spiro atoms. The van der Waals surface area contributed by atoms with Crippen LogP contribution in [-0.2, 0) is 13.1 Å². The molecule has 1 aromatic rings. The highest BCUT2D eigenvalue weighted by Crippen LogP contribution is 2.08. The predicted molar refractivity (Wildman–Crippen MR) is 85.2 cm³/mol. The molecule has 1 N–H and O–H groups in total. The maximum absolute atomic E-state index is 4.23. The number of likely N-dealkylation sites (N-methyl/N-ethyl adjacent to an activating group) is 1. The summed E-state index contributed by atoms with van der Waals surface area (Å²) in [6, 6.07) is 0.617. The van der Waals surface area contributed by atoms with Gasteiger partial charge in [-0.1, -0.05) is 12.1 Å². The fourth-order valence-electron chi connectivity index (χ4n) is 2.91. The smallest absolute Gasteiger partial charge is 0.0964 e. The van der Waals surface area contributed by atoms with Crippen LogP contribution in [-0.4, -0.2) is 70.6 Å². The number of nitrogens with zero attached hydrogens (tertiary/aromatic N) is 5. The van der Waals surface area contributed by atoms with Gasteiger partial charge in [0.25, 0.3) is 0 Å². The van der Waals surface area contributed by atoms with Gasteiger partial charge in [-0.05, 0) is 46.4 Å². The van der Waals surface area contributed by atoms with Crippen LogP contribution in [0.3, 0.4) is 0 Å². The summed E-state index contributed by atoms with van der Waals surface area (Å²) in [5, 5.41) is 11.8. The zero-order valence-corrected chi connectivity index (χ0v) is 13.8. The molecule has 0 radical (unpaired) electrons. The Hall–Kier alpha value is -0.980. The number of rotatable bonds is 7. The molecule has 1 saturated heterocycles. The standard InChI is InChI=1S/C15H30N6/c1-4-6-16-11-15-13-21(18-17-15)10-9-20-8-5-7-19(3)12-14(20)2/h13-14,16H,4-12H2,1-3H3. The number of aromatic nitrogens is 3. The molecular formula is C15H30N6. The topological polar surface area (TPSA) is 49.2 Å². The summed E-state index contributed by atoms with van der Waals surface area (Å²) < 4.78 is 1.98. The molecule has 2 heterocycles. The molecule has 1 aromatic heterocycles. The van der Waals surface area contributed by atoms with Crippen molar-refractivity contribution in [3.8, 4) is 0 Å². The minimum atomic E-state index is 0.617. The molecule has 0 aliphatic carbocycles. The van der Waals surface area contributed by atoms with Crippen LogP contribution in [0.4, 0.5) is 0 Å². The van der Waals surface area contributed by atoms with Crippen LogP contribution in [0.1, 0.15) is 32.4 Å². The van der Waals surface area contributed by atoms with Crippen molar-refractivity contribution < 1.29 is 0 Å². The molecule has 21 heavy (non-hydrogen) atoms. The molecule has 120 valence electrons. The summed E-state index contributed by atoms with van der Waals surface area (Å²) in [6.07, 6.45) is 4.47. The highest BCUT2D eigenvalue weighted by Gasteiger charge is 2.19.